The summed E-state index contributed by atoms with van der Waals surface area (Å²) in [5, 5.41) is 8.79. The molecule has 2 nitrogen and oxygen atoms in total. The molecule has 1 heterocycles. The lowest BCUT2D eigenvalue weighted by Crippen LogP contribution is -2.44. The van der Waals surface area contributed by atoms with Crippen LogP contribution >= 0.6 is 14.8 Å². The van der Waals surface area contributed by atoms with E-state index < -0.39 is 14.8 Å². The molecule has 52 heavy (non-hydrogen) atoms. The fourth-order valence-corrected chi connectivity index (χ4v) is 17.6. The molecule has 1 aliphatic heterocycles. The molecule has 0 spiro atoms. The highest BCUT2D eigenvalue weighted by atomic mass is 31.2. The molecular formula is C48H54N2P2+2. The van der Waals surface area contributed by atoms with E-state index in [9.17, 15) is 0 Å². The van der Waals surface area contributed by atoms with E-state index in [0.717, 1.165) is 26.2 Å². The van der Waals surface area contributed by atoms with Gasteiger partial charge in [0, 0.05) is 26.2 Å². The van der Waals surface area contributed by atoms with Crippen molar-refractivity contribution in [3.05, 3.63) is 182 Å². The van der Waals surface area contributed by atoms with Gasteiger partial charge in [0.15, 0.2) is 14.8 Å². The summed E-state index contributed by atoms with van der Waals surface area (Å²) in [6, 6.07) is 68.7. The minimum absolute atomic E-state index is 1.12. The van der Waals surface area contributed by atoms with Crippen LogP contribution in [-0.2, 0) is 0 Å². The lowest BCUT2D eigenvalue weighted by molar-refractivity contribution is 0.381. The normalized spacial score (nSPS) is 16.2. The first kappa shape index (κ1) is 36.5. The molecule has 0 amide bonds. The van der Waals surface area contributed by atoms with Crippen LogP contribution in [0.1, 0.15) is 51.4 Å². The Morgan fingerprint density at radius 3 is 0.577 bits per heavy atom. The number of nitrogens with zero attached hydrogens (tertiary/aromatic N) is 2. The predicted octanol–water partition coefficient (Wildman–Crippen LogP) is 9.54. The molecule has 1 aliphatic rings. The monoisotopic (exact) mass is 720 g/mol. The van der Waals surface area contributed by atoms with Crippen LogP contribution in [0.15, 0.2) is 182 Å². The van der Waals surface area contributed by atoms with Gasteiger partial charge in [-0.05, 0) is 98.5 Å². The summed E-state index contributed by atoms with van der Waals surface area (Å²) in [4.78, 5) is 0. The van der Waals surface area contributed by atoms with Crippen molar-refractivity contribution < 1.29 is 0 Å². The average Bonchev–Trinajstić information content (AvgIpc) is 3.22. The second-order valence-corrected chi connectivity index (χ2v) is 20.8. The summed E-state index contributed by atoms with van der Waals surface area (Å²) in [5.74, 6) is 0. The van der Waals surface area contributed by atoms with Crippen LogP contribution in [0.25, 0.3) is 0 Å². The summed E-state index contributed by atoms with van der Waals surface area (Å²) >= 11 is 0. The molecule has 4 heteroatoms. The number of hydrogen-bond acceptors (Lipinski definition) is 2. The molecule has 1 fully saturated rings. The van der Waals surface area contributed by atoms with Gasteiger partial charge in [0.2, 0.25) is 0 Å². The van der Waals surface area contributed by atoms with Crippen molar-refractivity contribution in [3.8, 4) is 0 Å². The summed E-state index contributed by atoms with van der Waals surface area (Å²) in [5.41, 5.74) is 0. The molecule has 7 rings (SSSR count). The standard InChI is InChI=1S/C48H54N2P2/c1-2-24-40-50(52(46-33-17-8-18-34-46,47-35-19-9-20-36-47)48-37-21-10-22-38-48)42-26-4-3-25-41-49(39-23-1)51(43-27-11-5-12-28-43,44-29-13-6-14-30-44)45-31-15-7-16-32-45/h5-22,27-38H,1-4,23-26,39-42H2/q+2. The minimum atomic E-state index is -2.06. The zero-order valence-corrected chi connectivity index (χ0v) is 32.4. The lowest BCUT2D eigenvalue weighted by Gasteiger charge is -2.38. The lowest BCUT2D eigenvalue weighted by atomic mass is 10.1. The molecule has 264 valence electrons. The number of hydrogen-bond donors (Lipinski definition) is 0. The first-order valence-corrected chi connectivity index (χ1v) is 23.0. The highest BCUT2D eigenvalue weighted by molar-refractivity contribution is 7.94. The van der Waals surface area contributed by atoms with E-state index >= 15 is 0 Å². The van der Waals surface area contributed by atoms with Gasteiger partial charge in [-0.3, -0.25) is 0 Å². The third-order valence-corrected chi connectivity index (χ3v) is 19.6. The third-order valence-electron chi connectivity index (χ3n) is 10.8. The summed E-state index contributed by atoms with van der Waals surface area (Å²) in [7, 11) is -4.12. The second-order valence-electron chi connectivity index (χ2n) is 14.0. The summed E-state index contributed by atoms with van der Waals surface area (Å²) < 4.78 is 5.89. The highest BCUT2D eigenvalue weighted by Crippen LogP contribution is 2.60. The van der Waals surface area contributed by atoms with Gasteiger partial charge in [0.25, 0.3) is 0 Å². The maximum atomic E-state index is 2.95. The molecule has 0 aromatic heterocycles. The van der Waals surface area contributed by atoms with E-state index in [1.165, 1.54) is 83.2 Å². The smallest absolute Gasteiger partial charge is 0.166 e. The fraction of sp³-hybridized carbons (Fsp3) is 0.250. The Bertz CT molecular complexity index is 1540. The van der Waals surface area contributed by atoms with Crippen LogP contribution in [0.4, 0.5) is 0 Å². The SMILES string of the molecule is c1ccc([P+](c2ccccc2)(c2ccccc2)N2CCCCCCN([P+](c3ccccc3)(c3ccccc3)c3ccccc3)CCCCCC2)cc1. The van der Waals surface area contributed by atoms with Crippen molar-refractivity contribution in [1.82, 2.24) is 9.34 Å². The van der Waals surface area contributed by atoms with Gasteiger partial charge in [0.05, 0.1) is 0 Å². The molecule has 1 saturated heterocycles. The first-order valence-electron chi connectivity index (χ1n) is 19.5. The molecule has 0 unspecified atom stereocenters. The fourth-order valence-electron chi connectivity index (χ4n) is 8.44. The molecule has 0 saturated carbocycles. The van der Waals surface area contributed by atoms with Gasteiger partial charge in [0.1, 0.15) is 31.8 Å². The zero-order chi connectivity index (χ0) is 35.3. The molecule has 0 atom stereocenters. The van der Waals surface area contributed by atoms with Crippen LogP contribution in [0.2, 0.25) is 0 Å². The Morgan fingerprint density at radius 2 is 0.404 bits per heavy atom. The highest BCUT2D eigenvalue weighted by Gasteiger charge is 2.52. The van der Waals surface area contributed by atoms with Crippen LogP contribution < -0.4 is 31.8 Å². The van der Waals surface area contributed by atoms with E-state index in [2.05, 4.69) is 191 Å². The topological polar surface area (TPSA) is 6.48 Å². The van der Waals surface area contributed by atoms with E-state index in [4.69, 9.17) is 0 Å². The molecule has 0 radical (unpaired) electrons. The van der Waals surface area contributed by atoms with Crippen molar-refractivity contribution in [2.24, 2.45) is 0 Å². The Kier molecular flexibility index (Phi) is 12.8. The van der Waals surface area contributed by atoms with Crippen LogP contribution in [0.5, 0.6) is 0 Å². The third kappa shape index (κ3) is 7.74. The van der Waals surface area contributed by atoms with Crippen molar-refractivity contribution in [3.63, 3.8) is 0 Å². The average molecular weight is 721 g/mol. The summed E-state index contributed by atoms with van der Waals surface area (Å²) in [6.45, 7) is 4.46. The van der Waals surface area contributed by atoms with Crippen LogP contribution in [0, 0.1) is 0 Å². The minimum Gasteiger partial charge on any atom is -0.166 e. The molecule has 0 aliphatic carbocycles. The Balaban J connectivity index is 1.20. The Morgan fingerprint density at radius 1 is 0.231 bits per heavy atom. The first-order chi connectivity index (χ1) is 25.8. The van der Waals surface area contributed by atoms with E-state index in [1.807, 2.05) is 0 Å². The van der Waals surface area contributed by atoms with Gasteiger partial charge in [-0.1, -0.05) is 135 Å². The molecule has 0 bridgehead atoms. The van der Waals surface area contributed by atoms with Crippen molar-refractivity contribution in [2.45, 2.75) is 51.4 Å². The van der Waals surface area contributed by atoms with Gasteiger partial charge in [-0.2, -0.15) is 9.34 Å². The van der Waals surface area contributed by atoms with Gasteiger partial charge < -0.3 is 0 Å². The number of rotatable bonds is 8. The molecular weight excluding hydrogens is 666 g/mol. The quantitative estimate of drug-likeness (QED) is 0.145. The van der Waals surface area contributed by atoms with Crippen LogP contribution in [-0.4, -0.2) is 35.5 Å². The molecule has 0 N–H and O–H groups in total. The number of benzene rings is 6. The van der Waals surface area contributed by atoms with Crippen molar-refractivity contribution >= 4 is 46.7 Å². The van der Waals surface area contributed by atoms with Gasteiger partial charge in [-0.15, -0.1) is 0 Å². The molecule has 6 aromatic rings. The Labute approximate surface area is 314 Å². The van der Waals surface area contributed by atoms with Crippen LogP contribution in [0.3, 0.4) is 0 Å². The van der Waals surface area contributed by atoms with Gasteiger partial charge >= 0.3 is 0 Å². The maximum Gasteiger partial charge on any atom is 0.181 e. The largest absolute Gasteiger partial charge is 0.181 e. The summed E-state index contributed by atoms with van der Waals surface area (Å²) in [6.07, 6.45) is 9.84. The predicted molar refractivity (Wildman–Crippen MR) is 230 cm³/mol. The zero-order valence-electron chi connectivity index (χ0n) is 30.6. The van der Waals surface area contributed by atoms with E-state index in [1.54, 1.807) is 0 Å². The second kappa shape index (κ2) is 18.2. The van der Waals surface area contributed by atoms with E-state index in [-0.39, 0.29) is 0 Å². The van der Waals surface area contributed by atoms with E-state index in [0.29, 0.717) is 0 Å². The van der Waals surface area contributed by atoms with Gasteiger partial charge in [-0.25, -0.2) is 0 Å². The maximum absolute atomic E-state index is 2.95. The molecule has 6 aromatic carbocycles. The Hall–Kier alpha value is -3.90. The van der Waals surface area contributed by atoms with Crippen molar-refractivity contribution in [1.29, 1.82) is 0 Å². The van der Waals surface area contributed by atoms with Crippen molar-refractivity contribution in [2.75, 3.05) is 26.2 Å².